The van der Waals surface area contributed by atoms with Crippen LogP contribution >= 0.6 is 0 Å². The van der Waals surface area contributed by atoms with Gasteiger partial charge in [-0.05, 0) is 50.3 Å². The lowest BCUT2D eigenvalue weighted by Gasteiger charge is -2.66. The Balaban J connectivity index is 1.85. The summed E-state index contributed by atoms with van der Waals surface area (Å²) in [5.41, 5.74) is -0.300. The van der Waals surface area contributed by atoms with Gasteiger partial charge in [-0.2, -0.15) is 0 Å². The molecule has 0 aromatic carbocycles. The van der Waals surface area contributed by atoms with E-state index in [2.05, 4.69) is 0 Å². The first-order valence-corrected chi connectivity index (χ1v) is 17.2. The Morgan fingerprint density at radius 1 is 0.920 bits per heavy atom. The molecule has 0 amide bonds. The molecule has 0 radical (unpaired) electrons. The molecular formula is C38H50O12. The number of hydrogen-bond donors (Lipinski definition) is 0. The predicted octanol–water partition coefficient (Wildman–Crippen LogP) is 5.39. The summed E-state index contributed by atoms with van der Waals surface area (Å²) >= 11 is 0. The molecule has 12 heteroatoms. The Morgan fingerprint density at radius 2 is 1.56 bits per heavy atom. The van der Waals surface area contributed by atoms with E-state index in [1.54, 1.807) is 32.4 Å². The van der Waals surface area contributed by atoms with Crippen LogP contribution in [0.15, 0.2) is 45.8 Å². The van der Waals surface area contributed by atoms with Crippen molar-refractivity contribution in [3.05, 3.63) is 47.0 Å². The molecule has 2 saturated carbocycles. The molecule has 274 valence electrons. The van der Waals surface area contributed by atoms with Crippen molar-refractivity contribution < 1.29 is 56.8 Å². The standard InChI is InChI=1S/C38H50O12/c1-11-19(2)35(43)50-34-32-33-36(7,18-46-32)28(48-22(5)40)16-29(49-23(6)41)37(33,8)27(15-30(42)44-10)38(34,9)31-20(3)25(24-12-13-45-17-24)14-26(31)47-21(4)39/h11-13,17,25-29,32-34H,14-16,18H2,1-10H3/b19-11+/t25-,26+,27-,28-,29+,32?,33?,34-,36-,37+,38-/m1/s1. The molecule has 1 saturated heterocycles. The second kappa shape index (κ2) is 13.7. The minimum absolute atomic E-state index is 0.142. The van der Waals surface area contributed by atoms with Gasteiger partial charge in [0.15, 0.2) is 0 Å². The number of methoxy groups -OCH3 is 1. The molecule has 1 aromatic rings. The van der Waals surface area contributed by atoms with Gasteiger partial charge in [-0.1, -0.05) is 32.4 Å². The van der Waals surface area contributed by atoms with Gasteiger partial charge in [0.05, 0.1) is 32.3 Å². The molecular weight excluding hydrogens is 648 g/mol. The molecule has 5 rings (SSSR count). The number of ether oxygens (including phenoxy) is 6. The predicted molar refractivity (Wildman–Crippen MR) is 177 cm³/mol. The average Bonchev–Trinajstić information content (AvgIpc) is 3.77. The molecule has 1 aromatic heterocycles. The monoisotopic (exact) mass is 698 g/mol. The summed E-state index contributed by atoms with van der Waals surface area (Å²) in [5, 5.41) is 0. The van der Waals surface area contributed by atoms with Crippen molar-refractivity contribution >= 4 is 29.8 Å². The Bertz CT molecular complexity index is 1590. The lowest BCUT2D eigenvalue weighted by molar-refractivity contribution is -0.260. The number of hydrogen-bond acceptors (Lipinski definition) is 12. The highest BCUT2D eigenvalue weighted by Gasteiger charge is 2.77. The van der Waals surface area contributed by atoms with Gasteiger partial charge in [-0.25, -0.2) is 4.79 Å². The first kappa shape index (κ1) is 37.3. The highest BCUT2D eigenvalue weighted by atomic mass is 16.6. The fourth-order valence-corrected chi connectivity index (χ4v) is 10.2. The number of carbonyl (C=O) groups excluding carboxylic acids is 5. The number of allylic oxidation sites excluding steroid dienone is 2. The van der Waals surface area contributed by atoms with E-state index >= 15 is 0 Å². The third-order valence-electron chi connectivity index (χ3n) is 12.3. The maximum Gasteiger partial charge on any atom is 0.333 e. The van der Waals surface area contributed by atoms with Gasteiger partial charge >= 0.3 is 29.8 Å². The van der Waals surface area contributed by atoms with Gasteiger partial charge < -0.3 is 32.8 Å². The number of esters is 5. The summed E-state index contributed by atoms with van der Waals surface area (Å²) in [4.78, 5) is 65.5. The topological polar surface area (TPSA) is 154 Å². The molecule has 0 spiro atoms. The van der Waals surface area contributed by atoms with Crippen LogP contribution in [0.4, 0.5) is 0 Å². The van der Waals surface area contributed by atoms with E-state index in [-0.39, 0.29) is 25.4 Å². The fourth-order valence-electron chi connectivity index (χ4n) is 10.2. The molecule has 3 aliphatic carbocycles. The second-order valence-corrected chi connectivity index (χ2v) is 15.0. The maximum atomic E-state index is 13.8. The van der Waals surface area contributed by atoms with Crippen LogP contribution in [0.3, 0.4) is 0 Å². The zero-order valence-electron chi connectivity index (χ0n) is 30.7. The second-order valence-electron chi connectivity index (χ2n) is 15.0. The van der Waals surface area contributed by atoms with E-state index in [9.17, 15) is 24.0 Å². The van der Waals surface area contributed by atoms with Gasteiger partial charge in [-0.3, -0.25) is 19.2 Å². The lowest BCUT2D eigenvalue weighted by atomic mass is 9.39. The van der Waals surface area contributed by atoms with E-state index in [4.69, 9.17) is 32.8 Å². The number of furan rings is 1. The van der Waals surface area contributed by atoms with E-state index < -0.39 is 88.4 Å². The molecule has 4 aliphatic rings. The van der Waals surface area contributed by atoms with E-state index in [1.165, 1.54) is 27.9 Å². The Morgan fingerprint density at radius 3 is 2.12 bits per heavy atom. The van der Waals surface area contributed by atoms with E-state index in [0.29, 0.717) is 17.6 Å². The van der Waals surface area contributed by atoms with Crippen molar-refractivity contribution in [1.82, 2.24) is 0 Å². The number of rotatable bonds is 9. The largest absolute Gasteiger partial charge is 0.472 e. The Hall–Kier alpha value is -3.93. The van der Waals surface area contributed by atoms with Crippen LogP contribution in [0.1, 0.15) is 93.1 Å². The average molecular weight is 699 g/mol. The van der Waals surface area contributed by atoms with Crippen LogP contribution < -0.4 is 0 Å². The highest BCUT2D eigenvalue weighted by Crippen LogP contribution is 2.72. The van der Waals surface area contributed by atoms with Crippen molar-refractivity contribution in [1.29, 1.82) is 0 Å². The Labute approximate surface area is 293 Å². The summed E-state index contributed by atoms with van der Waals surface area (Å²) in [5.74, 6) is -4.12. The minimum atomic E-state index is -1.26. The van der Waals surface area contributed by atoms with E-state index in [1.807, 2.05) is 33.8 Å². The van der Waals surface area contributed by atoms with Crippen LogP contribution in [0, 0.1) is 28.1 Å². The zero-order chi connectivity index (χ0) is 36.9. The van der Waals surface area contributed by atoms with Gasteiger partial charge in [-0.15, -0.1) is 0 Å². The molecule has 11 atom stereocenters. The Kier molecular flexibility index (Phi) is 10.2. The third kappa shape index (κ3) is 5.96. The molecule has 0 bridgehead atoms. The first-order valence-electron chi connectivity index (χ1n) is 17.2. The van der Waals surface area contributed by atoms with Crippen LogP contribution in [0.25, 0.3) is 0 Å². The summed E-state index contributed by atoms with van der Waals surface area (Å²) < 4.78 is 42.2. The fraction of sp³-hybridized carbons (Fsp3) is 0.658. The number of carbonyl (C=O) groups is 5. The van der Waals surface area contributed by atoms with Crippen LogP contribution in [0.2, 0.25) is 0 Å². The van der Waals surface area contributed by atoms with Crippen molar-refractivity contribution in [3.63, 3.8) is 0 Å². The highest BCUT2D eigenvalue weighted by molar-refractivity contribution is 5.88. The molecule has 1 aliphatic heterocycles. The maximum absolute atomic E-state index is 13.8. The SMILES string of the molecule is C/C=C(\C)C(=O)O[C@@H]1C2OC[C@@]3(C)C2[C@](C)([C@@H](OC(C)=O)C[C@H]3OC(C)=O)[C@@H](CC(=O)OC)[C@]1(C)C1=C(C)[C@H](c2ccoc2)C[C@@H]1OC(C)=O. The quantitative estimate of drug-likeness (QED) is 0.141. The lowest BCUT2D eigenvalue weighted by Crippen LogP contribution is -2.72. The summed E-state index contributed by atoms with van der Waals surface area (Å²) in [6.45, 7) is 15.4. The molecule has 50 heavy (non-hydrogen) atoms. The summed E-state index contributed by atoms with van der Waals surface area (Å²) in [6.07, 6.45) is 1.11. The van der Waals surface area contributed by atoms with Crippen molar-refractivity contribution in [2.24, 2.45) is 28.1 Å². The molecule has 2 unspecified atom stereocenters. The first-order chi connectivity index (χ1) is 23.4. The summed E-state index contributed by atoms with van der Waals surface area (Å²) in [6, 6.07) is 1.86. The summed E-state index contributed by atoms with van der Waals surface area (Å²) in [7, 11) is 1.31. The zero-order valence-corrected chi connectivity index (χ0v) is 30.7. The van der Waals surface area contributed by atoms with Gasteiger partial charge in [0.1, 0.15) is 24.4 Å². The van der Waals surface area contributed by atoms with Crippen molar-refractivity contribution in [3.8, 4) is 0 Å². The minimum Gasteiger partial charge on any atom is -0.472 e. The normalized spacial score (nSPS) is 37.8. The molecule has 0 N–H and O–H groups in total. The molecule has 12 nitrogen and oxygen atoms in total. The molecule has 2 heterocycles. The van der Waals surface area contributed by atoms with Crippen molar-refractivity contribution in [2.75, 3.05) is 13.7 Å². The van der Waals surface area contributed by atoms with Crippen LogP contribution in [-0.4, -0.2) is 74.1 Å². The van der Waals surface area contributed by atoms with Crippen LogP contribution in [0.5, 0.6) is 0 Å². The van der Waals surface area contributed by atoms with Gasteiger partial charge in [0, 0.05) is 67.3 Å². The van der Waals surface area contributed by atoms with Gasteiger partial charge in [0.2, 0.25) is 0 Å². The smallest absolute Gasteiger partial charge is 0.333 e. The van der Waals surface area contributed by atoms with Gasteiger partial charge in [0.25, 0.3) is 0 Å². The van der Waals surface area contributed by atoms with Crippen molar-refractivity contribution in [2.45, 2.75) is 118 Å². The molecule has 3 fully saturated rings. The third-order valence-corrected chi connectivity index (χ3v) is 12.3. The van der Waals surface area contributed by atoms with E-state index in [0.717, 1.165) is 11.1 Å². The van der Waals surface area contributed by atoms with Crippen LogP contribution in [-0.2, 0) is 52.4 Å².